The van der Waals surface area contributed by atoms with Gasteiger partial charge in [0, 0.05) is 36.8 Å². The van der Waals surface area contributed by atoms with E-state index in [0.29, 0.717) is 23.5 Å². The van der Waals surface area contributed by atoms with Crippen LogP contribution in [0.25, 0.3) is 11.1 Å². The van der Waals surface area contributed by atoms with Gasteiger partial charge in [0.25, 0.3) is 0 Å². The average molecular weight is 346 g/mol. The van der Waals surface area contributed by atoms with Gasteiger partial charge in [-0.3, -0.25) is 4.90 Å². The Hall–Kier alpha value is -1.95. The molecular formula is C18H17ClFN3O. The molecular weight excluding hydrogens is 329 g/mol. The summed E-state index contributed by atoms with van der Waals surface area (Å²) in [5.74, 6) is 0.297. The monoisotopic (exact) mass is 345 g/mol. The molecule has 1 aromatic heterocycles. The Morgan fingerprint density at radius 3 is 3.08 bits per heavy atom. The van der Waals surface area contributed by atoms with Gasteiger partial charge in [0.1, 0.15) is 11.3 Å². The Labute approximate surface area is 144 Å². The van der Waals surface area contributed by atoms with Crippen molar-refractivity contribution >= 4 is 22.7 Å². The largest absolute Gasteiger partial charge is 0.439 e. The summed E-state index contributed by atoms with van der Waals surface area (Å²) < 4.78 is 19.1. The second kappa shape index (κ2) is 6.51. The molecule has 2 heterocycles. The molecule has 4 nitrogen and oxygen atoms in total. The molecule has 1 fully saturated rings. The van der Waals surface area contributed by atoms with Crippen LogP contribution in [0.4, 0.5) is 4.39 Å². The summed E-state index contributed by atoms with van der Waals surface area (Å²) in [5.41, 5.74) is 2.33. The number of piperazine rings is 1. The summed E-state index contributed by atoms with van der Waals surface area (Å²) in [4.78, 5) is 6.73. The molecule has 1 unspecified atom stereocenters. The van der Waals surface area contributed by atoms with Gasteiger partial charge in [-0.2, -0.15) is 0 Å². The summed E-state index contributed by atoms with van der Waals surface area (Å²) in [7, 11) is 0. The van der Waals surface area contributed by atoms with Gasteiger partial charge in [0.05, 0.1) is 6.54 Å². The third-order valence-corrected chi connectivity index (χ3v) is 4.56. The number of oxazole rings is 1. The molecule has 124 valence electrons. The smallest absolute Gasteiger partial charge is 0.209 e. The maximum absolute atomic E-state index is 13.3. The van der Waals surface area contributed by atoms with E-state index in [1.54, 1.807) is 6.07 Å². The fraction of sp³-hybridized carbons (Fsp3) is 0.278. The van der Waals surface area contributed by atoms with E-state index in [-0.39, 0.29) is 11.9 Å². The first kappa shape index (κ1) is 15.6. The lowest BCUT2D eigenvalue weighted by Crippen LogP contribution is -2.45. The zero-order chi connectivity index (χ0) is 16.5. The Morgan fingerprint density at radius 2 is 2.21 bits per heavy atom. The van der Waals surface area contributed by atoms with E-state index in [4.69, 9.17) is 16.0 Å². The lowest BCUT2D eigenvalue weighted by molar-refractivity contribution is 0.141. The molecule has 0 radical (unpaired) electrons. The number of benzene rings is 2. The number of fused-ring (bicyclic) bond motifs is 1. The number of nitrogens with zero attached hydrogens (tertiary/aromatic N) is 2. The van der Waals surface area contributed by atoms with Gasteiger partial charge in [-0.25, -0.2) is 9.37 Å². The number of rotatable bonds is 3. The fourth-order valence-electron chi connectivity index (χ4n) is 3.17. The number of hydrogen-bond donors (Lipinski definition) is 1. The highest BCUT2D eigenvalue weighted by Crippen LogP contribution is 2.27. The molecule has 0 spiro atoms. The Bertz CT molecular complexity index is 866. The van der Waals surface area contributed by atoms with Gasteiger partial charge in [-0.1, -0.05) is 23.7 Å². The summed E-state index contributed by atoms with van der Waals surface area (Å²) in [6, 6.07) is 12.5. The molecule has 24 heavy (non-hydrogen) atoms. The van der Waals surface area contributed by atoms with E-state index in [1.807, 2.05) is 18.2 Å². The van der Waals surface area contributed by atoms with Crippen molar-refractivity contribution in [2.24, 2.45) is 0 Å². The fourth-order valence-corrected chi connectivity index (χ4v) is 3.37. The summed E-state index contributed by atoms with van der Waals surface area (Å²) in [6.07, 6.45) is 0. The molecule has 4 rings (SSSR count). The quantitative estimate of drug-likeness (QED) is 0.784. The summed E-state index contributed by atoms with van der Waals surface area (Å²) >= 11 is 6.13. The van der Waals surface area contributed by atoms with Crippen LogP contribution in [0.15, 0.2) is 46.9 Å². The SMILES string of the molecule is Fc1ccc2oc(CN3CCNCC3c3cccc(Cl)c3)nc2c1. The molecule has 0 saturated carbocycles. The van der Waals surface area contributed by atoms with Crippen molar-refractivity contribution < 1.29 is 8.81 Å². The van der Waals surface area contributed by atoms with Crippen LogP contribution in [0.3, 0.4) is 0 Å². The van der Waals surface area contributed by atoms with Crippen LogP contribution in [0, 0.1) is 5.82 Å². The van der Waals surface area contributed by atoms with Crippen LogP contribution in [0.1, 0.15) is 17.5 Å². The zero-order valence-electron chi connectivity index (χ0n) is 13.0. The normalized spacial score (nSPS) is 19.0. The van der Waals surface area contributed by atoms with Crippen LogP contribution < -0.4 is 5.32 Å². The zero-order valence-corrected chi connectivity index (χ0v) is 13.8. The average Bonchev–Trinajstić information content (AvgIpc) is 2.96. The molecule has 1 N–H and O–H groups in total. The topological polar surface area (TPSA) is 41.3 Å². The first-order chi connectivity index (χ1) is 11.7. The summed E-state index contributed by atoms with van der Waals surface area (Å²) in [6.45, 7) is 3.21. The van der Waals surface area contributed by atoms with Crippen LogP contribution in [-0.4, -0.2) is 29.5 Å². The minimum atomic E-state index is -0.304. The molecule has 1 atom stereocenters. The van der Waals surface area contributed by atoms with Gasteiger partial charge in [-0.15, -0.1) is 0 Å². The molecule has 0 amide bonds. The van der Waals surface area contributed by atoms with Crippen molar-refractivity contribution in [1.29, 1.82) is 0 Å². The maximum atomic E-state index is 13.3. The standard InChI is InChI=1S/C18H17ClFN3O/c19-13-3-1-2-12(8-13)16-10-21-6-7-23(16)11-18-22-15-9-14(20)4-5-17(15)24-18/h1-5,8-9,16,21H,6-7,10-11H2. The number of hydrogen-bond acceptors (Lipinski definition) is 4. The number of halogens is 2. The minimum absolute atomic E-state index is 0.198. The van der Waals surface area contributed by atoms with Crippen molar-refractivity contribution in [3.8, 4) is 0 Å². The molecule has 1 aliphatic heterocycles. The Morgan fingerprint density at radius 1 is 1.29 bits per heavy atom. The van der Waals surface area contributed by atoms with Crippen molar-refractivity contribution in [2.75, 3.05) is 19.6 Å². The molecule has 1 saturated heterocycles. The highest BCUT2D eigenvalue weighted by molar-refractivity contribution is 6.30. The van der Waals surface area contributed by atoms with Gasteiger partial charge in [0.15, 0.2) is 5.58 Å². The van der Waals surface area contributed by atoms with E-state index >= 15 is 0 Å². The van der Waals surface area contributed by atoms with E-state index in [2.05, 4.69) is 21.3 Å². The number of nitrogens with one attached hydrogen (secondary N) is 1. The van der Waals surface area contributed by atoms with Gasteiger partial charge >= 0.3 is 0 Å². The number of aromatic nitrogens is 1. The van der Waals surface area contributed by atoms with Crippen LogP contribution in [-0.2, 0) is 6.54 Å². The van der Waals surface area contributed by atoms with Gasteiger partial charge in [-0.05, 0) is 29.8 Å². The van der Waals surface area contributed by atoms with Gasteiger partial charge < -0.3 is 9.73 Å². The van der Waals surface area contributed by atoms with Crippen LogP contribution >= 0.6 is 11.6 Å². The van der Waals surface area contributed by atoms with E-state index in [9.17, 15) is 4.39 Å². The maximum Gasteiger partial charge on any atom is 0.209 e. The van der Waals surface area contributed by atoms with E-state index in [1.165, 1.54) is 12.1 Å². The molecule has 6 heteroatoms. The predicted molar refractivity (Wildman–Crippen MR) is 91.4 cm³/mol. The van der Waals surface area contributed by atoms with Gasteiger partial charge in [0.2, 0.25) is 5.89 Å². The highest BCUT2D eigenvalue weighted by atomic mass is 35.5. The third-order valence-electron chi connectivity index (χ3n) is 4.32. The van der Waals surface area contributed by atoms with Crippen molar-refractivity contribution in [2.45, 2.75) is 12.6 Å². The van der Waals surface area contributed by atoms with Crippen LogP contribution in [0.5, 0.6) is 0 Å². The lowest BCUT2D eigenvalue weighted by atomic mass is 10.0. The minimum Gasteiger partial charge on any atom is -0.439 e. The third kappa shape index (κ3) is 3.15. The Balaban J connectivity index is 1.60. The lowest BCUT2D eigenvalue weighted by Gasteiger charge is -2.35. The van der Waals surface area contributed by atoms with Crippen molar-refractivity contribution in [3.05, 3.63) is 64.8 Å². The first-order valence-electron chi connectivity index (χ1n) is 7.94. The van der Waals surface area contributed by atoms with Crippen molar-refractivity contribution in [1.82, 2.24) is 15.2 Å². The first-order valence-corrected chi connectivity index (χ1v) is 8.32. The second-order valence-electron chi connectivity index (χ2n) is 5.97. The predicted octanol–water partition coefficient (Wildman–Crippen LogP) is 3.77. The molecule has 0 aliphatic carbocycles. The molecule has 2 aromatic carbocycles. The van der Waals surface area contributed by atoms with Crippen LogP contribution in [0.2, 0.25) is 5.02 Å². The molecule has 3 aromatic rings. The second-order valence-corrected chi connectivity index (χ2v) is 6.40. The molecule has 0 bridgehead atoms. The Kier molecular flexibility index (Phi) is 4.22. The van der Waals surface area contributed by atoms with E-state index < -0.39 is 0 Å². The van der Waals surface area contributed by atoms with Crippen molar-refractivity contribution in [3.63, 3.8) is 0 Å². The molecule has 1 aliphatic rings. The van der Waals surface area contributed by atoms with E-state index in [0.717, 1.165) is 30.2 Å². The highest BCUT2D eigenvalue weighted by Gasteiger charge is 2.25. The summed E-state index contributed by atoms with van der Waals surface area (Å²) in [5, 5.41) is 4.15.